The summed E-state index contributed by atoms with van der Waals surface area (Å²) in [6, 6.07) is 7.59. The number of carbonyl (C=O) groups is 1. The molecule has 200 valence electrons. The number of rotatable bonds is 5. The fourth-order valence-corrected chi connectivity index (χ4v) is 4.07. The van der Waals surface area contributed by atoms with E-state index in [9.17, 15) is 31.4 Å². The summed E-state index contributed by atoms with van der Waals surface area (Å²) in [7, 11) is 0. The Balaban J connectivity index is 0.000000479. The molecule has 1 aliphatic rings. The van der Waals surface area contributed by atoms with E-state index in [1.165, 1.54) is 18.2 Å². The minimum Gasteiger partial charge on any atom is -0.508 e. The van der Waals surface area contributed by atoms with E-state index in [1.807, 2.05) is 18.4 Å². The second kappa shape index (κ2) is 11.2. The number of fused-ring (bicyclic) bond motifs is 1. The molecule has 12 heteroatoms. The Kier molecular flexibility index (Phi) is 8.52. The van der Waals surface area contributed by atoms with E-state index in [-0.39, 0.29) is 29.3 Å². The number of phenols is 1. The van der Waals surface area contributed by atoms with Crippen molar-refractivity contribution in [2.45, 2.75) is 51.5 Å². The number of imidazole rings is 1. The first-order valence-electron chi connectivity index (χ1n) is 11.3. The predicted octanol–water partition coefficient (Wildman–Crippen LogP) is 5.61. The van der Waals surface area contributed by atoms with Crippen LogP contribution >= 0.6 is 0 Å². The highest BCUT2D eigenvalue weighted by atomic mass is 19.4. The highest BCUT2D eigenvalue weighted by Gasteiger charge is 2.38. The molecule has 2 heterocycles. The summed E-state index contributed by atoms with van der Waals surface area (Å²) in [5.41, 5.74) is 1.27. The molecule has 3 N–H and O–H groups in total. The summed E-state index contributed by atoms with van der Waals surface area (Å²) in [4.78, 5) is 13.4. The molecule has 0 saturated heterocycles. The summed E-state index contributed by atoms with van der Waals surface area (Å²) in [6.07, 6.45) is -1.79. The highest BCUT2D eigenvalue weighted by molar-refractivity contribution is 5.73. The maximum atomic E-state index is 14.4. The van der Waals surface area contributed by atoms with Crippen molar-refractivity contribution in [3.05, 3.63) is 71.4 Å². The minimum absolute atomic E-state index is 0.0817. The van der Waals surface area contributed by atoms with Crippen molar-refractivity contribution >= 4 is 5.97 Å². The van der Waals surface area contributed by atoms with E-state index >= 15 is 0 Å². The van der Waals surface area contributed by atoms with E-state index in [1.54, 1.807) is 12.3 Å². The zero-order chi connectivity index (χ0) is 27.5. The maximum absolute atomic E-state index is 14.4. The van der Waals surface area contributed by atoms with Crippen LogP contribution in [-0.4, -0.2) is 38.0 Å². The van der Waals surface area contributed by atoms with Gasteiger partial charge in [0.05, 0.1) is 5.69 Å². The van der Waals surface area contributed by atoms with Gasteiger partial charge in [0.25, 0.3) is 0 Å². The van der Waals surface area contributed by atoms with Gasteiger partial charge in [0.2, 0.25) is 0 Å². The number of nitrogens with one attached hydrogen (secondary N) is 1. The molecule has 0 fully saturated rings. The summed E-state index contributed by atoms with van der Waals surface area (Å²) < 4.78 is 75.5. The van der Waals surface area contributed by atoms with E-state index in [4.69, 9.17) is 9.90 Å². The third kappa shape index (κ3) is 7.03. The number of carboxylic acids is 1. The number of hydrogen-bond donors (Lipinski definition) is 3. The van der Waals surface area contributed by atoms with Gasteiger partial charge in [-0.2, -0.15) is 13.2 Å². The fraction of sp³-hybridized carbons (Fsp3) is 0.360. The van der Waals surface area contributed by atoms with Gasteiger partial charge in [-0.3, -0.25) is 0 Å². The van der Waals surface area contributed by atoms with Crippen LogP contribution in [0.15, 0.2) is 42.6 Å². The lowest BCUT2D eigenvalue weighted by atomic mass is 9.93. The Morgan fingerprint density at radius 2 is 1.78 bits per heavy atom. The first kappa shape index (κ1) is 28.0. The third-order valence-corrected chi connectivity index (χ3v) is 5.84. The van der Waals surface area contributed by atoms with Crippen LogP contribution in [0.5, 0.6) is 5.75 Å². The molecule has 0 aliphatic carbocycles. The van der Waals surface area contributed by atoms with Gasteiger partial charge in [-0.1, -0.05) is 19.9 Å². The van der Waals surface area contributed by atoms with Gasteiger partial charge in [0.15, 0.2) is 0 Å². The van der Waals surface area contributed by atoms with Crippen LogP contribution < -0.4 is 5.32 Å². The van der Waals surface area contributed by atoms with Crippen molar-refractivity contribution in [1.82, 2.24) is 14.9 Å². The molecule has 37 heavy (non-hydrogen) atoms. The van der Waals surface area contributed by atoms with E-state index in [0.717, 1.165) is 24.4 Å². The molecule has 0 radical (unpaired) electrons. The first-order chi connectivity index (χ1) is 17.3. The zero-order valence-electron chi connectivity index (χ0n) is 19.9. The number of phenolic OH excluding ortho intramolecular Hbond substituents is 1. The standard InChI is InChI=1S/C23H24F3N3O.C2HF3O2/c1-13(2)23(18-7-5-16(30)10-20(18)26)27-15-4-8-22-28-21(12-29(22)11-15)17-6-3-14(24)9-19(17)25;3-2(4,5)1(6)7/h3,5-7,9-10,12-13,15,23,27,30H,4,8,11H2,1-2H3;(H,6,7). The normalized spacial score (nSPS) is 16.1. The zero-order valence-corrected chi connectivity index (χ0v) is 19.9. The number of aromatic nitrogens is 2. The fourth-order valence-electron chi connectivity index (χ4n) is 4.07. The second-order valence-electron chi connectivity index (χ2n) is 8.95. The van der Waals surface area contributed by atoms with Crippen LogP contribution in [0, 0.1) is 23.4 Å². The Bertz CT molecular complexity index is 1260. The predicted molar refractivity (Wildman–Crippen MR) is 122 cm³/mol. The van der Waals surface area contributed by atoms with Crippen LogP contribution in [0.1, 0.15) is 37.7 Å². The van der Waals surface area contributed by atoms with Gasteiger partial charge in [-0.25, -0.2) is 22.9 Å². The smallest absolute Gasteiger partial charge is 0.490 e. The monoisotopic (exact) mass is 529 g/mol. The molecule has 2 aromatic carbocycles. The van der Waals surface area contributed by atoms with Crippen LogP contribution in [-0.2, 0) is 17.8 Å². The first-order valence-corrected chi connectivity index (χ1v) is 11.3. The number of aliphatic carboxylic acids is 1. The van der Waals surface area contributed by atoms with Gasteiger partial charge in [-0.05, 0) is 30.5 Å². The van der Waals surface area contributed by atoms with E-state index < -0.39 is 29.6 Å². The molecular weight excluding hydrogens is 504 g/mol. The Hall–Kier alpha value is -3.54. The van der Waals surface area contributed by atoms with Crippen LogP contribution in [0.2, 0.25) is 0 Å². The topological polar surface area (TPSA) is 87.4 Å². The van der Waals surface area contributed by atoms with Gasteiger partial charge in [0, 0.05) is 54.5 Å². The maximum Gasteiger partial charge on any atom is 0.490 e. The van der Waals surface area contributed by atoms with Crippen LogP contribution in [0.25, 0.3) is 11.3 Å². The molecule has 2 unspecified atom stereocenters. The Morgan fingerprint density at radius 3 is 2.35 bits per heavy atom. The summed E-state index contributed by atoms with van der Waals surface area (Å²) in [5, 5.41) is 20.2. The minimum atomic E-state index is -5.08. The lowest BCUT2D eigenvalue weighted by Crippen LogP contribution is -2.41. The average molecular weight is 529 g/mol. The summed E-state index contributed by atoms with van der Waals surface area (Å²) in [6.45, 7) is 4.66. The van der Waals surface area contributed by atoms with Crippen molar-refractivity contribution < 1.29 is 41.4 Å². The van der Waals surface area contributed by atoms with Crippen molar-refractivity contribution in [2.75, 3.05) is 0 Å². The van der Waals surface area contributed by atoms with Crippen molar-refractivity contribution in [1.29, 1.82) is 0 Å². The lowest BCUT2D eigenvalue weighted by molar-refractivity contribution is -0.192. The second-order valence-corrected chi connectivity index (χ2v) is 8.95. The molecule has 0 amide bonds. The molecule has 1 aliphatic heterocycles. The molecule has 1 aromatic heterocycles. The van der Waals surface area contributed by atoms with Crippen molar-refractivity contribution in [2.24, 2.45) is 5.92 Å². The molecule has 6 nitrogen and oxygen atoms in total. The summed E-state index contributed by atoms with van der Waals surface area (Å²) in [5.74, 6) is -3.56. The number of halogens is 6. The van der Waals surface area contributed by atoms with E-state index in [2.05, 4.69) is 10.3 Å². The van der Waals surface area contributed by atoms with Gasteiger partial charge >= 0.3 is 12.1 Å². The number of carboxylic acid groups (broad SMARTS) is 1. The molecule has 2 atom stereocenters. The van der Waals surface area contributed by atoms with Crippen molar-refractivity contribution in [3.8, 4) is 17.0 Å². The number of aromatic hydroxyl groups is 1. The molecule has 3 aromatic rings. The molecular formula is C25H25F6N3O3. The van der Waals surface area contributed by atoms with Crippen molar-refractivity contribution in [3.63, 3.8) is 0 Å². The van der Waals surface area contributed by atoms with Crippen LogP contribution in [0.4, 0.5) is 26.3 Å². The SMILES string of the molecule is CC(C)C(NC1CCc2nc(-c3ccc(F)cc3F)cn2C1)c1ccc(O)cc1F.O=C(O)C(F)(F)F. The third-order valence-electron chi connectivity index (χ3n) is 5.84. The lowest BCUT2D eigenvalue weighted by Gasteiger charge is -2.32. The number of aryl methyl sites for hydroxylation is 1. The molecule has 0 saturated carbocycles. The molecule has 4 rings (SSSR count). The average Bonchev–Trinajstić information content (AvgIpc) is 3.20. The highest BCUT2D eigenvalue weighted by Crippen LogP contribution is 2.30. The number of hydrogen-bond acceptors (Lipinski definition) is 4. The Labute approximate surface area is 208 Å². The molecule has 0 spiro atoms. The van der Waals surface area contributed by atoms with E-state index in [0.29, 0.717) is 24.2 Å². The number of alkyl halides is 3. The number of benzene rings is 2. The largest absolute Gasteiger partial charge is 0.508 e. The van der Waals surface area contributed by atoms with Gasteiger partial charge in [0.1, 0.15) is 29.0 Å². The summed E-state index contributed by atoms with van der Waals surface area (Å²) >= 11 is 0. The van der Waals surface area contributed by atoms with Gasteiger partial charge in [-0.15, -0.1) is 0 Å². The van der Waals surface area contributed by atoms with Gasteiger partial charge < -0.3 is 20.1 Å². The van der Waals surface area contributed by atoms with Crippen LogP contribution in [0.3, 0.4) is 0 Å². The molecule has 0 bridgehead atoms. The number of nitrogens with zero attached hydrogens (tertiary/aromatic N) is 2. The quantitative estimate of drug-likeness (QED) is 0.374. The Morgan fingerprint density at radius 1 is 1.11 bits per heavy atom.